The summed E-state index contributed by atoms with van der Waals surface area (Å²) >= 11 is 0. The highest BCUT2D eigenvalue weighted by atomic mass is 19.1. The average Bonchev–Trinajstić information content (AvgIpc) is 2.69. The van der Waals surface area contributed by atoms with Crippen molar-refractivity contribution in [2.45, 2.75) is 19.8 Å². The smallest absolute Gasteiger partial charge is 0.179 e. The molecule has 5 heteroatoms. The number of hydrogen-bond acceptors (Lipinski definition) is 3. The summed E-state index contributed by atoms with van der Waals surface area (Å²) in [6.07, 6.45) is 0. The maximum absolute atomic E-state index is 13.6. The summed E-state index contributed by atoms with van der Waals surface area (Å²) in [7, 11) is 0. The highest BCUT2D eigenvalue weighted by Gasteiger charge is 2.09. The second kappa shape index (κ2) is 3.76. The summed E-state index contributed by atoms with van der Waals surface area (Å²) in [5.41, 5.74) is 1.35. The van der Waals surface area contributed by atoms with Crippen molar-refractivity contribution in [1.29, 1.82) is 0 Å². The van der Waals surface area contributed by atoms with Gasteiger partial charge in [0.15, 0.2) is 5.82 Å². The maximum Gasteiger partial charge on any atom is 0.179 e. The van der Waals surface area contributed by atoms with E-state index in [9.17, 15) is 4.39 Å². The van der Waals surface area contributed by atoms with Crippen molar-refractivity contribution in [3.63, 3.8) is 0 Å². The van der Waals surface area contributed by atoms with Gasteiger partial charge in [0.1, 0.15) is 5.82 Å². The van der Waals surface area contributed by atoms with Gasteiger partial charge in [0, 0.05) is 5.56 Å². The molecule has 78 valence electrons. The SMILES string of the molecule is CC(C)c1ccc(-c2nnn[nH]2)cc1F. The molecule has 2 rings (SSSR count). The molecule has 15 heavy (non-hydrogen) atoms. The van der Waals surface area contributed by atoms with E-state index >= 15 is 0 Å². The molecular formula is C10H11FN4. The fraction of sp³-hybridized carbons (Fsp3) is 0.300. The number of aromatic nitrogens is 4. The zero-order valence-corrected chi connectivity index (χ0v) is 8.53. The predicted molar refractivity (Wildman–Crippen MR) is 53.7 cm³/mol. The molecule has 4 nitrogen and oxygen atoms in total. The van der Waals surface area contributed by atoms with Crippen LogP contribution in [-0.4, -0.2) is 20.6 Å². The fourth-order valence-electron chi connectivity index (χ4n) is 1.42. The summed E-state index contributed by atoms with van der Waals surface area (Å²) in [5.74, 6) is 0.426. The highest BCUT2D eigenvalue weighted by Crippen LogP contribution is 2.22. The number of aromatic amines is 1. The predicted octanol–water partition coefficient (Wildman–Crippen LogP) is 2.13. The molecule has 0 saturated carbocycles. The van der Waals surface area contributed by atoms with Gasteiger partial charge < -0.3 is 0 Å². The molecule has 1 heterocycles. The van der Waals surface area contributed by atoms with Gasteiger partial charge >= 0.3 is 0 Å². The van der Waals surface area contributed by atoms with Gasteiger partial charge in [-0.2, -0.15) is 0 Å². The fourth-order valence-corrected chi connectivity index (χ4v) is 1.42. The summed E-state index contributed by atoms with van der Waals surface area (Å²) in [4.78, 5) is 0. The summed E-state index contributed by atoms with van der Waals surface area (Å²) in [6.45, 7) is 3.90. The Morgan fingerprint density at radius 2 is 2.13 bits per heavy atom. The van der Waals surface area contributed by atoms with Gasteiger partial charge in [-0.1, -0.05) is 26.0 Å². The van der Waals surface area contributed by atoms with Crippen LogP contribution in [0.3, 0.4) is 0 Å². The van der Waals surface area contributed by atoms with Crippen LogP contribution in [0.1, 0.15) is 25.3 Å². The molecule has 0 amide bonds. The van der Waals surface area contributed by atoms with Crippen molar-refractivity contribution in [2.24, 2.45) is 0 Å². The quantitative estimate of drug-likeness (QED) is 0.818. The van der Waals surface area contributed by atoms with E-state index in [4.69, 9.17) is 0 Å². The van der Waals surface area contributed by atoms with Crippen molar-refractivity contribution in [1.82, 2.24) is 20.6 Å². The number of hydrogen-bond donors (Lipinski definition) is 1. The number of H-pyrrole nitrogens is 1. The first-order chi connectivity index (χ1) is 7.18. The zero-order chi connectivity index (χ0) is 10.8. The van der Waals surface area contributed by atoms with Crippen LogP contribution in [-0.2, 0) is 0 Å². The minimum atomic E-state index is -0.223. The monoisotopic (exact) mass is 206 g/mol. The largest absolute Gasteiger partial charge is 0.239 e. The van der Waals surface area contributed by atoms with Crippen LogP contribution >= 0.6 is 0 Å². The first-order valence-electron chi connectivity index (χ1n) is 4.72. The van der Waals surface area contributed by atoms with Gasteiger partial charge in [0.05, 0.1) is 0 Å². The van der Waals surface area contributed by atoms with Gasteiger partial charge in [0.25, 0.3) is 0 Å². The molecule has 0 atom stereocenters. The van der Waals surface area contributed by atoms with E-state index < -0.39 is 0 Å². The van der Waals surface area contributed by atoms with Crippen molar-refractivity contribution < 1.29 is 4.39 Å². The molecule has 2 aromatic rings. The lowest BCUT2D eigenvalue weighted by Gasteiger charge is -2.07. The van der Waals surface area contributed by atoms with E-state index in [0.717, 1.165) is 0 Å². The molecule has 1 aromatic carbocycles. The first-order valence-corrected chi connectivity index (χ1v) is 4.72. The third kappa shape index (κ3) is 1.86. The Hall–Kier alpha value is -1.78. The molecule has 0 bridgehead atoms. The maximum atomic E-state index is 13.6. The summed E-state index contributed by atoms with van der Waals surface area (Å²) < 4.78 is 13.6. The molecule has 0 aliphatic carbocycles. The Labute approximate surface area is 86.5 Å². The molecule has 0 radical (unpaired) electrons. The van der Waals surface area contributed by atoms with Crippen LogP contribution in [0.25, 0.3) is 11.4 Å². The highest BCUT2D eigenvalue weighted by molar-refractivity contribution is 5.54. The minimum absolute atomic E-state index is 0.173. The number of halogens is 1. The topological polar surface area (TPSA) is 54.5 Å². The summed E-state index contributed by atoms with van der Waals surface area (Å²) in [6, 6.07) is 5.01. The van der Waals surface area contributed by atoms with Crippen LogP contribution in [0.5, 0.6) is 0 Å². The molecular weight excluding hydrogens is 195 g/mol. The van der Waals surface area contributed by atoms with Crippen LogP contribution in [0.4, 0.5) is 4.39 Å². The molecule has 1 N–H and O–H groups in total. The number of rotatable bonds is 2. The lowest BCUT2D eigenvalue weighted by atomic mass is 10.0. The lowest BCUT2D eigenvalue weighted by Crippen LogP contribution is -1.93. The third-order valence-electron chi connectivity index (χ3n) is 2.24. The number of nitrogens with one attached hydrogen (secondary N) is 1. The minimum Gasteiger partial charge on any atom is -0.239 e. The Kier molecular flexibility index (Phi) is 2.45. The Morgan fingerprint density at radius 1 is 1.33 bits per heavy atom. The molecule has 0 aliphatic rings. The molecule has 1 aromatic heterocycles. The van der Waals surface area contributed by atoms with E-state index in [1.807, 2.05) is 13.8 Å². The third-order valence-corrected chi connectivity index (χ3v) is 2.24. The molecule has 0 fully saturated rings. The molecule has 0 spiro atoms. The molecule has 0 aliphatic heterocycles. The van der Waals surface area contributed by atoms with Crippen LogP contribution in [0, 0.1) is 5.82 Å². The lowest BCUT2D eigenvalue weighted by molar-refractivity contribution is 0.598. The van der Waals surface area contributed by atoms with Crippen molar-refractivity contribution in [3.8, 4) is 11.4 Å². The summed E-state index contributed by atoms with van der Waals surface area (Å²) in [5, 5.41) is 13.2. The average molecular weight is 206 g/mol. The van der Waals surface area contributed by atoms with Gasteiger partial charge in [-0.15, -0.1) is 5.10 Å². The van der Waals surface area contributed by atoms with E-state index in [-0.39, 0.29) is 11.7 Å². The van der Waals surface area contributed by atoms with Crippen LogP contribution in [0.2, 0.25) is 0 Å². The first kappa shape index (κ1) is 9.76. The van der Waals surface area contributed by atoms with Crippen LogP contribution < -0.4 is 0 Å². The normalized spacial score (nSPS) is 10.9. The van der Waals surface area contributed by atoms with Crippen LogP contribution in [0.15, 0.2) is 18.2 Å². The van der Waals surface area contributed by atoms with Gasteiger partial charge in [-0.25, -0.2) is 9.49 Å². The standard InChI is InChI=1S/C10H11FN4/c1-6(2)8-4-3-7(5-9(8)11)10-12-14-15-13-10/h3-6H,1-2H3,(H,12,13,14,15). The van der Waals surface area contributed by atoms with Gasteiger partial charge in [-0.05, 0) is 28.0 Å². The van der Waals surface area contributed by atoms with Crippen molar-refractivity contribution in [2.75, 3.05) is 0 Å². The zero-order valence-electron chi connectivity index (χ0n) is 8.53. The van der Waals surface area contributed by atoms with Gasteiger partial charge in [0.2, 0.25) is 0 Å². The Balaban J connectivity index is 2.42. The number of tetrazole rings is 1. The van der Waals surface area contributed by atoms with E-state index in [2.05, 4.69) is 20.6 Å². The Bertz CT molecular complexity index is 450. The van der Waals surface area contributed by atoms with Gasteiger partial charge in [-0.3, -0.25) is 0 Å². The second-order valence-corrected chi connectivity index (χ2v) is 3.64. The molecule has 0 unspecified atom stereocenters. The number of benzene rings is 1. The van der Waals surface area contributed by atoms with Crippen molar-refractivity contribution in [3.05, 3.63) is 29.6 Å². The second-order valence-electron chi connectivity index (χ2n) is 3.64. The molecule has 0 saturated heterocycles. The Morgan fingerprint density at radius 3 is 2.67 bits per heavy atom. The van der Waals surface area contributed by atoms with E-state index in [1.165, 1.54) is 6.07 Å². The van der Waals surface area contributed by atoms with E-state index in [1.54, 1.807) is 12.1 Å². The van der Waals surface area contributed by atoms with Crippen molar-refractivity contribution >= 4 is 0 Å². The van der Waals surface area contributed by atoms with E-state index in [0.29, 0.717) is 17.0 Å². The number of nitrogens with zero attached hydrogens (tertiary/aromatic N) is 3.